The molecule has 3 rings (SSSR count). The lowest BCUT2D eigenvalue weighted by Crippen LogP contribution is -2.44. The Bertz CT molecular complexity index is 723. The molecule has 6 nitrogen and oxygen atoms in total. The van der Waals surface area contributed by atoms with Crippen LogP contribution in [0.1, 0.15) is 38.3 Å². The van der Waals surface area contributed by atoms with Gasteiger partial charge in [-0.25, -0.2) is 9.97 Å². The van der Waals surface area contributed by atoms with Crippen LogP contribution in [0.4, 0.5) is 5.95 Å². The van der Waals surface area contributed by atoms with Crippen molar-refractivity contribution < 1.29 is 9.53 Å². The normalized spacial score (nSPS) is 18.2. The number of anilines is 1. The van der Waals surface area contributed by atoms with E-state index in [2.05, 4.69) is 20.2 Å². The van der Waals surface area contributed by atoms with E-state index in [4.69, 9.17) is 4.74 Å². The molecule has 0 unspecified atom stereocenters. The average molecular weight is 354 g/mol. The van der Waals surface area contributed by atoms with E-state index in [-0.39, 0.29) is 17.9 Å². The van der Waals surface area contributed by atoms with Gasteiger partial charge in [-0.15, -0.1) is 0 Å². The lowest BCUT2D eigenvalue weighted by atomic mass is 9.96. The fourth-order valence-electron chi connectivity index (χ4n) is 3.28. The Labute approximate surface area is 154 Å². The van der Waals surface area contributed by atoms with Crippen LogP contribution in [0.25, 0.3) is 0 Å². The number of benzene rings is 1. The number of aromatic nitrogens is 2. The molecule has 1 saturated heterocycles. The van der Waals surface area contributed by atoms with E-state index < -0.39 is 0 Å². The first kappa shape index (κ1) is 18.2. The maximum Gasteiger partial charge on any atom is 0.225 e. The quantitative estimate of drug-likeness (QED) is 0.864. The monoisotopic (exact) mass is 354 g/mol. The molecule has 6 heteroatoms. The molecule has 1 N–H and O–H groups in total. The van der Waals surface area contributed by atoms with Gasteiger partial charge in [0.2, 0.25) is 11.9 Å². The zero-order valence-electron chi connectivity index (χ0n) is 15.4. The Morgan fingerprint density at radius 3 is 2.92 bits per heavy atom. The molecule has 2 atom stereocenters. The Hall–Kier alpha value is -2.63. The summed E-state index contributed by atoms with van der Waals surface area (Å²) < 4.78 is 5.55. The molecule has 0 spiro atoms. The minimum atomic E-state index is -0.0637. The van der Waals surface area contributed by atoms with E-state index in [1.807, 2.05) is 38.1 Å². The predicted octanol–water partition coefficient (Wildman–Crippen LogP) is 2.97. The van der Waals surface area contributed by atoms with Crippen molar-refractivity contribution in [1.82, 2.24) is 15.3 Å². The third-order valence-corrected chi connectivity index (χ3v) is 4.66. The van der Waals surface area contributed by atoms with Crippen LogP contribution in [0.15, 0.2) is 42.7 Å². The van der Waals surface area contributed by atoms with E-state index in [9.17, 15) is 4.79 Å². The van der Waals surface area contributed by atoms with Crippen molar-refractivity contribution in [2.75, 3.05) is 24.6 Å². The Morgan fingerprint density at radius 1 is 1.35 bits per heavy atom. The van der Waals surface area contributed by atoms with E-state index in [1.165, 1.54) is 0 Å². The minimum Gasteiger partial charge on any atom is -0.494 e. The number of nitrogens with zero attached hydrogens (tertiary/aromatic N) is 3. The zero-order chi connectivity index (χ0) is 18.4. The van der Waals surface area contributed by atoms with Gasteiger partial charge in [0.15, 0.2) is 0 Å². The third-order valence-electron chi connectivity index (χ3n) is 4.66. The predicted molar refractivity (Wildman–Crippen MR) is 101 cm³/mol. The number of amides is 1. The highest BCUT2D eigenvalue weighted by molar-refractivity contribution is 5.80. The van der Waals surface area contributed by atoms with Gasteiger partial charge in [0.1, 0.15) is 5.75 Å². The first-order chi connectivity index (χ1) is 12.7. The van der Waals surface area contributed by atoms with Crippen LogP contribution in [0.5, 0.6) is 5.75 Å². The van der Waals surface area contributed by atoms with E-state index in [1.54, 1.807) is 18.5 Å². The summed E-state index contributed by atoms with van der Waals surface area (Å²) >= 11 is 0. The molecule has 138 valence electrons. The smallest absolute Gasteiger partial charge is 0.225 e. The fraction of sp³-hybridized carbons (Fsp3) is 0.450. The first-order valence-electron chi connectivity index (χ1n) is 9.22. The maximum absolute atomic E-state index is 12.8. The highest BCUT2D eigenvalue weighted by Crippen LogP contribution is 2.23. The van der Waals surface area contributed by atoms with Gasteiger partial charge in [-0.1, -0.05) is 12.1 Å². The van der Waals surface area contributed by atoms with Crippen molar-refractivity contribution in [3.05, 3.63) is 48.3 Å². The number of piperidine rings is 1. The number of carbonyl (C=O) groups is 1. The highest BCUT2D eigenvalue weighted by atomic mass is 16.5. The summed E-state index contributed by atoms with van der Waals surface area (Å²) in [6.45, 7) is 6.14. The summed E-state index contributed by atoms with van der Waals surface area (Å²) in [5.41, 5.74) is 1.04. The van der Waals surface area contributed by atoms with E-state index in [0.717, 1.165) is 30.7 Å². The van der Waals surface area contributed by atoms with E-state index in [0.29, 0.717) is 19.1 Å². The second kappa shape index (κ2) is 8.65. The first-order valence-corrected chi connectivity index (χ1v) is 9.22. The van der Waals surface area contributed by atoms with Crippen LogP contribution in [0, 0.1) is 5.92 Å². The van der Waals surface area contributed by atoms with Crippen molar-refractivity contribution in [2.24, 2.45) is 5.92 Å². The summed E-state index contributed by atoms with van der Waals surface area (Å²) in [6.07, 6.45) is 5.32. The van der Waals surface area contributed by atoms with Crippen LogP contribution in [-0.2, 0) is 4.79 Å². The minimum absolute atomic E-state index is 0.0509. The van der Waals surface area contributed by atoms with E-state index >= 15 is 0 Å². The second-order valence-corrected chi connectivity index (χ2v) is 6.57. The molecule has 0 radical (unpaired) electrons. The Morgan fingerprint density at radius 2 is 2.15 bits per heavy atom. The molecular formula is C20H26N4O2. The lowest BCUT2D eigenvalue weighted by molar-refractivity contribution is -0.125. The van der Waals surface area contributed by atoms with Crippen molar-refractivity contribution in [2.45, 2.75) is 32.7 Å². The molecule has 0 saturated carbocycles. The summed E-state index contributed by atoms with van der Waals surface area (Å²) in [4.78, 5) is 23.5. The highest BCUT2D eigenvalue weighted by Gasteiger charge is 2.27. The SMILES string of the molecule is CCOc1cccc([C@H](C)NC(=O)[C@@H]2CCCN(c3ncccn3)C2)c1. The van der Waals surface area contributed by atoms with Gasteiger partial charge in [0.05, 0.1) is 18.6 Å². The topological polar surface area (TPSA) is 67.3 Å². The summed E-state index contributed by atoms with van der Waals surface area (Å²) in [5, 5.41) is 3.15. The molecule has 0 aliphatic carbocycles. The number of hydrogen-bond donors (Lipinski definition) is 1. The van der Waals surface area contributed by atoms with Crippen LogP contribution in [0.3, 0.4) is 0 Å². The second-order valence-electron chi connectivity index (χ2n) is 6.57. The van der Waals surface area contributed by atoms with Gasteiger partial charge >= 0.3 is 0 Å². The van der Waals surface area contributed by atoms with Crippen molar-refractivity contribution >= 4 is 11.9 Å². The standard InChI is InChI=1S/C20H26N4O2/c1-3-26-18-9-4-7-16(13-18)15(2)23-19(25)17-8-5-12-24(14-17)20-21-10-6-11-22-20/h4,6-7,9-11,13,15,17H,3,5,8,12,14H2,1-2H3,(H,23,25)/t15-,17+/m0/s1. The number of nitrogens with one attached hydrogen (secondary N) is 1. The number of hydrogen-bond acceptors (Lipinski definition) is 5. The van der Waals surface area contributed by atoms with Gasteiger partial charge in [0, 0.05) is 25.5 Å². The van der Waals surface area contributed by atoms with Crippen molar-refractivity contribution in [3.63, 3.8) is 0 Å². The Balaban J connectivity index is 1.61. The number of rotatable bonds is 6. The molecule has 0 bridgehead atoms. The summed E-state index contributed by atoms with van der Waals surface area (Å²) in [5.74, 6) is 1.56. The van der Waals surface area contributed by atoms with Gasteiger partial charge in [-0.2, -0.15) is 0 Å². The molecule has 26 heavy (non-hydrogen) atoms. The van der Waals surface area contributed by atoms with Gasteiger partial charge in [0.25, 0.3) is 0 Å². The van der Waals surface area contributed by atoms with Crippen molar-refractivity contribution in [3.8, 4) is 5.75 Å². The molecule has 1 aromatic heterocycles. The van der Waals surface area contributed by atoms with Gasteiger partial charge in [-0.05, 0) is 50.5 Å². The van der Waals surface area contributed by atoms with Crippen LogP contribution >= 0.6 is 0 Å². The molecule has 1 aliphatic heterocycles. The largest absolute Gasteiger partial charge is 0.494 e. The van der Waals surface area contributed by atoms with Crippen LogP contribution in [-0.4, -0.2) is 35.6 Å². The third kappa shape index (κ3) is 4.50. The van der Waals surface area contributed by atoms with Crippen LogP contribution < -0.4 is 15.0 Å². The molecule has 1 amide bonds. The van der Waals surface area contributed by atoms with Crippen LogP contribution in [0.2, 0.25) is 0 Å². The summed E-state index contributed by atoms with van der Waals surface area (Å²) in [6, 6.07) is 9.62. The van der Waals surface area contributed by atoms with Gasteiger partial charge < -0.3 is 15.0 Å². The van der Waals surface area contributed by atoms with Crippen molar-refractivity contribution in [1.29, 1.82) is 0 Å². The molecule has 2 heterocycles. The molecular weight excluding hydrogens is 328 g/mol. The lowest BCUT2D eigenvalue weighted by Gasteiger charge is -2.32. The fourth-order valence-corrected chi connectivity index (χ4v) is 3.28. The number of ether oxygens (including phenoxy) is 1. The Kier molecular flexibility index (Phi) is 6.04. The molecule has 1 aromatic carbocycles. The summed E-state index contributed by atoms with van der Waals surface area (Å²) in [7, 11) is 0. The molecule has 1 aliphatic rings. The number of carbonyl (C=O) groups excluding carboxylic acids is 1. The maximum atomic E-state index is 12.8. The molecule has 2 aromatic rings. The van der Waals surface area contributed by atoms with Gasteiger partial charge in [-0.3, -0.25) is 4.79 Å². The molecule has 1 fully saturated rings. The average Bonchev–Trinajstić information content (AvgIpc) is 2.69. The zero-order valence-corrected chi connectivity index (χ0v) is 15.4.